The molecule has 0 amide bonds. The second kappa shape index (κ2) is 5.51. The molecule has 1 aromatic heterocycles. The quantitative estimate of drug-likeness (QED) is 0.824. The van der Waals surface area contributed by atoms with Crippen LogP contribution in [0, 0.1) is 0 Å². The van der Waals surface area contributed by atoms with Gasteiger partial charge in [-0.3, -0.25) is 5.10 Å². The minimum absolute atomic E-state index is 0.0788. The van der Waals surface area contributed by atoms with Crippen molar-refractivity contribution in [3.63, 3.8) is 0 Å². The number of nitrogens with zero attached hydrogens (tertiary/aromatic N) is 2. The minimum Gasteiger partial charge on any atom is -0.388 e. The molecule has 0 aliphatic heterocycles. The number of H-pyrrole nitrogens is 1. The lowest BCUT2D eigenvalue weighted by Crippen LogP contribution is -2.08. The van der Waals surface area contributed by atoms with Crippen molar-refractivity contribution in [2.24, 2.45) is 0 Å². The SMILES string of the molecule is OCc1n[nH]c(CSC2CCCCC2)n1. The number of aromatic nitrogens is 3. The highest BCUT2D eigenvalue weighted by Crippen LogP contribution is 2.29. The third kappa shape index (κ3) is 3.21. The molecule has 5 heteroatoms. The van der Waals surface area contributed by atoms with Gasteiger partial charge in [-0.05, 0) is 12.8 Å². The van der Waals surface area contributed by atoms with Crippen molar-refractivity contribution < 1.29 is 5.11 Å². The maximum atomic E-state index is 8.82. The van der Waals surface area contributed by atoms with E-state index in [1.165, 1.54) is 32.1 Å². The fourth-order valence-corrected chi connectivity index (χ4v) is 3.09. The first kappa shape index (κ1) is 11.0. The first-order chi connectivity index (χ1) is 7.38. The van der Waals surface area contributed by atoms with Crippen molar-refractivity contribution >= 4 is 11.8 Å². The standard InChI is InChI=1S/C10H17N3OS/c14-6-9-11-10(13-12-9)7-15-8-4-2-1-3-5-8/h8,14H,1-7H2,(H,11,12,13). The number of rotatable bonds is 4. The molecule has 84 valence electrons. The van der Waals surface area contributed by atoms with E-state index in [9.17, 15) is 0 Å². The van der Waals surface area contributed by atoms with E-state index in [0.29, 0.717) is 5.82 Å². The Morgan fingerprint density at radius 3 is 2.80 bits per heavy atom. The first-order valence-corrected chi connectivity index (χ1v) is 6.56. The van der Waals surface area contributed by atoms with Crippen LogP contribution >= 0.6 is 11.8 Å². The molecule has 2 rings (SSSR count). The molecule has 2 N–H and O–H groups in total. The predicted octanol–water partition coefficient (Wildman–Crippen LogP) is 1.86. The second-order valence-electron chi connectivity index (χ2n) is 3.93. The van der Waals surface area contributed by atoms with Gasteiger partial charge in [0.25, 0.3) is 0 Å². The van der Waals surface area contributed by atoms with Gasteiger partial charge in [0.05, 0.1) is 5.75 Å². The molecule has 0 spiro atoms. The van der Waals surface area contributed by atoms with Gasteiger partial charge >= 0.3 is 0 Å². The molecule has 0 saturated heterocycles. The molecule has 0 bridgehead atoms. The molecular weight excluding hydrogens is 210 g/mol. The van der Waals surface area contributed by atoms with Gasteiger partial charge in [-0.25, -0.2) is 4.98 Å². The third-order valence-corrected chi connectivity index (χ3v) is 4.11. The van der Waals surface area contributed by atoms with Crippen LogP contribution in [0.5, 0.6) is 0 Å². The Kier molecular flexibility index (Phi) is 4.02. The molecule has 1 aliphatic rings. The van der Waals surface area contributed by atoms with Crippen molar-refractivity contribution in [2.45, 2.75) is 49.7 Å². The predicted molar refractivity (Wildman–Crippen MR) is 60.5 cm³/mol. The number of aliphatic hydroxyl groups is 1. The first-order valence-electron chi connectivity index (χ1n) is 5.51. The zero-order valence-corrected chi connectivity index (χ0v) is 9.59. The number of aromatic amines is 1. The van der Waals surface area contributed by atoms with Gasteiger partial charge in [0, 0.05) is 5.25 Å². The monoisotopic (exact) mass is 227 g/mol. The van der Waals surface area contributed by atoms with Crippen LogP contribution in [0.2, 0.25) is 0 Å². The summed E-state index contributed by atoms with van der Waals surface area (Å²) in [5.41, 5.74) is 0. The Morgan fingerprint density at radius 1 is 1.33 bits per heavy atom. The third-order valence-electron chi connectivity index (χ3n) is 2.73. The molecule has 0 atom stereocenters. The number of nitrogens with one attached hydrogen (secondary N) is 1. The molecule has 15 heavy (non-hydrogen) atoms. The Hall–Kier alpha value is -0.550. The van der Waals surface area contributed by atoms with E-state index < -0.39 is 0 Å². The molecule has 0 unspecified atom stereocenters. The maximum absolute atomic E-state index is 8.82. The summed E-state index contributed by atoms with van der Waals surface area (Å²) in [7, 11) is 0. The highest BCUT2D eigenvalue weighted by molar-refractivity contribution is 7.99. The summed E-state index contributed by atoms with van der Waals surface area (Å²) in [6.07, 6.45) is 6.82. The fourth-order valence-electron chi connectivity index (χ4n) is 1.90. The molecular formula is C10H17N3OS. The second-order valence-corrected chi connectivity index (χ2v) is 5.22. The van der Waals surface area contributed by atoms with Crippen molar-refractivity contribution in [1.82, 2.24) is 15.2 Å². The zero-order valence-electron chi connectivity index (χ0n) is 8.78. The van der Waals surface area contributed by atoms with Crippen LogP contribution in [0.15, 0.2) is 0 Å². The largest absolute Gasteiger partial charge is 0.388 e. The van der Waals surface area contributed by atoms with Crippen LogP contribution in [0.3, 0.4) is 0 Å². The minimum atomic E-state index is -0.0788. The molecule has 0 radical (unpaired) electrons. The van der Waals surface area contributed by atoms with Crippen molar-refractivity contribution in [2.75, 3.05) is 0 Å². The lowest BCUT2D eigenvalue weighted by Gasteiger charge is -2.20. The highest BCUT2D eigenvalue weighted by Gasteiger charge is 2.14. The topological polar surface area (TPSA) is 61.8 Å². The van der Waals surface area contributed by atoms with Crippen LogP contribution < -0.4 is 0 Å². The Bertz CT molecular complexity index is 297. The van der Waals surface area contributed by atoms with Gasteiger partial charge in [-0.1, -0.05) is 19.3 Å². The fraction of sp³-hybridized carbons (Fsp3) is 0.800. The van der Waals surface area contributed by atoms with Gasteiger partial charge < -0.3 is 5.11 Å². The molecule has 1 aromatic rings. The van der Waals surface area contributed by atoms with Crippen LogP contribution in [-0.4, -0.2) is 25.5 Å². The number of aliphatic hydroxyl groups excluding tert-OH is 1. The van der Waals surface area contributed by atoms with Crippen LogP contribution in [-0.2, 0) is 12.4 Å². The summed E-state index contributed by atoms with van der Waals surface area (Å²) in [5.74, 6) is 2.27. The summed E-state index contributed by atoms with van der Waals surface area (Å²) in [6.45, 7) is -0.0788. The van der Waals surface area contributed by atoms with Gasteiger partial charge in [-0.15, -0.1) is 0 Å². The molecule has 1 heterocycles. The van der Waals surface area contributed by atoms with Crippen molar-refractivity contribution in [3.05, 3.63) is 11.6 Å². The molecule has 1 aliphatic carbocycles. The Balaban J connectivity index is 1.76. The normalized spacial score (nSPS) is 18.2. The van der Waals surface area contributed by atoms with Gasteiger partial charge in [0.15, 0.2) is 5.82 Å². The number of hydrogen-bond donors (Lipinski definition) is 2. The zero-order chi connectivity index (χ0) is 10.5. The Labute approximate surface area is 93.9 Å². The van der Waals surface area contributed by atoms with E-state index >= 15 is 0 Å². The summed E-state index contributed by atoms with van der Waals surface area (Å²) in [5, 5.41) is 16.4. The lowest BCUT2D eigenvalue weighted by molar-refractivity contribution is 0.272. The van der Waals surface area contributed by atoms with E-state index in [1.54, 1.807) is 0 Å². The Morgan fingerprint density at radius 2 is 2.13 bits per heavy atom. The van der Waals surface area contributed by atoms with E-state index in [2.05, 4.69) is 15.2 Å². The molecule has 1 saturated carbocycles. The summed E-state index contributed by atoms with van der Waals surface area (Å²) in [6, 6.07) is 0. The van der Waals surface area contributed by atoms with Crippen LogP contribution in [0.25, 0.3) is 0 Å². The molecule has 0 aromatic carbocycles. The van der Waals surface area contributed by atoms with Crippen LogP contribution in [0.1, 0.15) is 43.8 Å². The van der Waals surface area contributed by atoms with E-state index in [0.717, 1.165) is 16.8 Å². The lowest BCUT2D eigenvalue weighted by atomic mass is 10.0. The molecule has 1 fully saturated rings. The van der Waals surface area contributed by atoms with E-state index in [4.69, 9.17) is 5.11 Å². The van der Waals surface area contributed by atoms with E-state index in [1.807, 2.05) is 11.8 Å². The summed E-state index contributed by atoms with van der Waals surface area (Å²) >= 11 is 1.96. The van der Waals surface area contributed by atoms with Gasteiger partial charge in [0.1, 0.15) is 12.4 Å². The van der Waals surface area contributed by atoms with Gasteiger partial charge in [-0.2, -0.15) is 16.9 Å². The summed E-state index contributed by atoms with van der Waals surface area (Å²) < 4.78 is 0. The van der Waals surface area contributed by atoms with Gasteiger partial charge in [0.2, 0.25) is 0 Å². The average Bonchev–Trinajstić information content (AvgIpc) is 2.76. The molecule has 4 nitrogen and oxygen atoms in total. The van der Waals surface area contributed by atoms with E-state index in [-0.39, 0.29) is 6.61 Å². The summed E-state index contributed by atoms with van der Waals surface area (Å²) in [4.78, 5) is 4.18. The number of hydrogen-bond acceptors (Lipinski definition) is 4. The number of thioether (sulfide) groups is 1. The van der Waals surface area contributed by atoms with Crippen molar-refractivity contribution in [3.8, 4) is 0 Å². The van der Waals surface area contributed by atoms with Crippen LogP contribution in [0.4, 0.5) is 0 Å². The smallest absolute Gasteiger partial charge is 0.176 e. The highest BCUT2D eigenvalue weighted by atomic mass is 32.2. The van der Waals surface area contributed by atoms with Crippen molar-refractivity contribution in [1.29, 1.82) is 0 Å². The maximum Gasteiger partial charge on any atom is 0.176 e. The average molecular weight is 227 g/mol.